The fraction of sp³-hybridized carbons (Fsp3) is 0.550. The Morgan fingerprint density at radius 1 is 1.17 bits per heavy atom. The molecule has 0 aromatic heterocycles. The van der Waals surface area contributed by atoms with Crippen LogP contribution in [0.4, 0.5) is 4.39 Å². The molecule has 0 atom stereocenters. The maximum Gasteiger partial charge on any atom is 0.229 e. The largest absolute Gasteiger partial charge is 0.354 e. The lowest BCUT2D eigenvalue weighted by Gasteiger charge is -2.37. The molecule has 10 heteroatoms. The van der Waals surface area contributed by atoms with Crippen molar-refractivity contribution in [1.29, 1.82) is 0 Å². The number of nitrogens with one attached hydrogen (secondary N) is 1. The SMILES string of the molecule is CN=C(NCCN1C(=O)CCCC1=O)N1CCN(Cc2c(F)cccc2Cl)CC1.I. The zero-order chi connectivity index (χ0) is 20.8. The van der Waals surface area contributed by atoms with Gasteiger partial charge in [0.25, 0.3) is 0 Å². The number of benzene rings is 1. The molecule has 2 aliphatic rings. The summed E-state index contributed by atoms with van der Waals surface area (Å²) in [5.74, 6) is 0.265. The second-order valence-corrected chi connectivity index (χ2v) is 7.64. The topological polar surface area (TPSA) is 68.2 Å². The first-order valence-corrected chi connectivity index (χ1v) is 10.3. The van der Waals surface area contributed by atoms with Crippen molar-refractivity contribution in [3.05, 3.63) is 34.6 Å². The van der Waals surface area contributed by atoms with E-state index >= 15 is 0 Å². The van der Waals surface area contributed by atoms with E-state index in [1.54, 1.807) is 19.2 Å². The molecule has 0 bridgehead atoms. The lowest BCUT2D eigenvalue weighted by atomic mass is 10.1. The minimum atomic E-state index is -0.279. The molecule has 166 valence electrons. The van der Waals surface area contributed by atoms with Crippen molar-refractivity contribution in [3.63, 3.8) is 0 Å². The highest BCUT2D eigenvalue weighted by molar-refractivity contribution is 14.0. The van der Waals surface area contributed by atoms with Crippen LogP contribution in [0.5, 0.6) is 0 Å². The van der Waals surface area contributed by atoms with Gasteiger partial charge in [-0.15, -0.1) is 24.0 Å². The summed E-state index contributed by atoms with van der Waals surface area (Å²) in [6, 6.07) is 4.75. The lowest BCUT2D eigenvalue weighted by Crippen LogP contribution is -2.53. The molecule has 2 fully saturated rings. The minimum absolute atomic E-state index is 0. The molecule has 7 nitrogen and oxygen atoms in total. The molecule has 0 aliphatic carbocycles. The smallest absolute Gasteiger partial charge is 0.229 e. The van der Waals surface area contributed by atoms with E-state index in [-0.39, 0.29) is 41.6 Å². The number of imide groups is 1. The number of hydrogen-bond acceptors (Lipinski definition) is 4. The van der Waals surface area contributed by atoms with Crippen molar-refractivity contribution >= 4 is 53.4 Å². The van der Waals surface area contributed by atoms with E-state index in [1.807, 2.05) is 0 Å². The first kappa shape index (κ1) is 24.8. The number of likely N-dealkylation sites (tertiary alicyclic amines) is 1. The van der Waals surface area contributed by atoms with Crippen molar-refractivity contribution in [1.82, 2.24) is 20.0 Å². The molecule has 0 radical (unpaired) electrons. The molecule has 1 N–H and O–H groups in total. The third kappa shape index (κ3) is 6.27. The molecular weight excluding hydrogens is 524 g/mol. The number of carbonyl (C=O) groups excluding carboxylic acids is 2. The van der Waals surface area contributed by atoms with Gasteiger partial charge in [0, 0.05) is 76.3 Å². The summed E-state index contributed by atoms with van der Waals surface area (Å²) in [4.78, 5) is 33.7. The minimum Gasteiger partial charge on any atom is -0.354 e. The molecule has 1 aromatic carbocycles. The van der Waals surface area contributed by atoms with Gasteiger partial charge in [-0.1, -0.05) is 17.7 Å². The van der Waals surface area contributed by atoms with Gasteiger partial charge in [-0.3, -0.25) is 24.4 Å². The third-order valence-electron chi connectivity index (χ3n) is 5.33. The Balaban J connectivity index is 0.00000320. The van der Waals surface area contributed by atoms with Gasteiger partial charge in [0.15, 0.2) is 5.96 Å². The van der Waals surface area contributed by atoms with Crippen LogP contribution in [-0.4, -0.2) is 78.8 Å². The number of guanidine groups is 1. The van der Waals surface area contributed by atoms with Gasteiger partial charge >= 0.3 is 0 Å². The Bertz CT molecular complexity index is 750. The first-order chi connectivity index (χ1) is 14.0. The number of amides is 2. The van der Waals surface area contributed by atoms with E-state index in [9.17, 15) is 14.0 Å². The zero-order valence-electron chi connectivity index (χ0n) is 17.1. The fourth-order valence-electron chi connectivity index (χ4n) is 3.69. The number of carbonyl (C=O) groups is 2. The third-order valence-corrected chi connectivity index (χ3v) is 5.68. The van der Waals surface area contributed by atoms with E-state index in [1.165, 1.54) is 11.0 Å². The number of piperidine rings is 1. The molecule has 2 amide bonds. The Morgan fingerprint density at radius 3 is 2.43 bits per heavy atom. The predicted molar refractivity (Wildman–Crippen MR) is 126 cm³/mol. The van der Waals surface area contributed by atoms with Crippen LogP contribution in [0.15, 0.2) is 23.2 Å². The van der Waals surface area contributed by atoms with Crippen molar-refractivity contribution in [3.8, 4) is 0 Å². The second-order valence-electron chi connectivity index (χ2n) is 7.23. The standard InChI is InChI=1S/C20H27ClFN5O2.HI/c1-23-20(24-8-9-27-18(28)6-3-7-19(27)29)26-12-10-25(11-13-26)14-15-16(21)4-2-5-17(15)22;/h2,4-5H,3,6-14H2,1H3,(H,23,24);1H. The Kier molecular flexibility index (Phi) is 9.76. The summed E-state index contributed by atoms with van der Waals surface area (Å²) in [5, 5.41) is 3.69. The fourth-order valence-corrected chi connectivity index (χ4v) is 3.91. The monoisotopic (exact) mass is 551 g/mol. The number of piperazine rings is 1. The molecule has 30 heavy (non-hydrogen) atoms. The number of hydrogen-bond donors (Lipinski definition) is 1. The van der Waals surface area contributed by atoms with Crippen molar-refractivity contribution < 1.29 is 14.0 Å². The summed E-state index contributed by atoms with van der Waals surface area (Å²) in [7, 11) is 1.71. The van der Waals surface area contributed by atoms with Crippen molar-refractivity contribution in [2.24, 2.45) is 4.99 Å². The van der Waals surface area contributed by atoms with Crippen LogP contribution < -0.4 is 5.32 Å². The molecule has 0 spiro atoms. The van der Waals surface area contributed by atoms with E-state index in [0.717, 1.165) is 32.1 Å². The molecule has 0 unspecified atom stereocenters. The molecule has 0 saturated carbocycles. The summed E-state index contributed by atoms with van der Waals surface area (Å²) >= 11 is 6.13. The van der Waals surface area contributed by atoms with Crippen LogP contribution in [0.2, 0.25) is 5.02 Å². The summed E-state index contributed by atoms with van der Waals surface area (Å²) in [6.45, 7) is 4.30. The predicted octanol–water partition coefficient (Wildman–Crippen LogP) is 2.33. The van der Waals surface area contributed by atoms with Crippen molar-refractivity contribution in [2.75, 3.05) is 46.3 Å². The van der Waals surface area contributed by atoms with Gasteiger partial charge < -0.3 is 10.2 Å². The van der Waals surface area contributed by atoms with Crippen LogP contribution in [0.3, 0.4) is 0 Å². The number of halogens is 3. The van der Waals surface area contributed by atoms with Crippen molar-refractivity contribution in [2.45, 2.75) is 25.8 Å². The molecule has 3 rings (SSSR count). The Hall–Kier alpha value is -1.46. The quantitative estimate of drug-likeness (QED) is 0.263. The van der Waals surface area contributed by atoms with Gasteiger partial charge in [0.1, 0.15) is 5.82 Å². The van der Waals surface area contributed by atoms with E-state index in [4.69, 9.17) is 11.6 Å². The molecule has 2 saturated heterocycles. The molecule has 2 heterocycles. The van der Waals surface area contributed by atoms with Crippen LogP contribution in [0, 0.1) is 5.82 Å². The summed E-state index contributed by atoms with van der Waals surface area (Å²) in [5.41, 5.74) is 0.529. The number of rotatable bonds is 5. The highest BCUT2D eigenvalue weighted by Crippen LogP contribution is 2.21. The summed E-state index contributed by atoms with van der Waals surface area (Å²) < 4.78 is 14.0. The van der Waals surface area contributed by atoms with Gasteiger partial charge in [-0.2, -0.15) is 0 Å². The maximum absolute atomic E-state index is 14.0. The maximum atomic E-state index is 14.0. The second kappa shape index (κ2) is 11.8. The number of nitrogens with zero attached hydrogens (tertiary/aromatic N) is 4. The van der Waals surface area contributed by atoms with Crippen LogP contribution in [-0.2, 0) is 16.1 Å². The van der Waals surface area contributed by atoms with Gasteiger partial charge in [0.2, 0.25) is 11.8 Å². The molecular formula is C20H28ClFIN5O2. The first-order valence-electron chi connectivity index (χ1n) is 9.93. The number of aliphatic imine (C=N–C) groups is 1. The van der Waals surface area contributed by atoms with Gasteiger partial charge in [0.05, 0.1) is 0 Å². The zero-order valence-corrected chi connectivity index (χ0v) is 20.2. The average Bonchev–Trinajstić information content (AvgIpc) is 2.71. The van der Waals surface area contributed by atoms with Gasteiger partial charge in [-0.25, -0.2) is 4.39 Å². The molecule has 1 aromatic rings. The lowest BCUT2D eigenvalue weighted by molar-refractivity contribution is -0.147. The van der Waals surface area contributed by atoms with Crippen LogP contribution in [0.25, 0.3) is 0 Å². The van der Waals surface area contributed by atoms with Crippen LogP contribution in [0.1, 0.15) is 24.8 Å². The van der Waals surface area contributed by atoms with Crippen LogP contribution >= 0.6 is 35.6 Å². The van der Waals surface area contributed by atoms with E-state index < -0.39 is 0 Å². The average molecular weight is 552 g/mol. The summed E-state index contributed by atoms with van der Waals surface area (Å²) in [6.07, 6.45) is 1.52. The normalized spacial score (nSPS) is 18.4. The highest BCUT2D eigenvalue weighted by atomic mass is 127. The van der Waals surface area contributed by atoms with Gasteiger partial charge in [-0.05, 0) is 18.6 Å². The Morgan fingerprint density at radius 2 is 1.83 bits per heavy atom. The molecule has 2 aliphatic heterocycles. The Labute approximate surface area is 198 Å². The highest BCUT2D eigenvalue weighted by Gasteiger charge is 2.26. The van der Waals surface area contributed by atoms with E-state index in [2.05, 4.69) is 20.1 Å². The van der Waals surface area contributed by atoms with E-state index in [0.29, 0.717) is 49.5 Å².